The Labute approximate surface area is 105 Å². The molecule has 5 heteroatoms. The third-order valence-electron chi connectivity index (χ3n) is 1.90. The molecule has 0 bridgehead atoms. The highest BCUT2D eigenvalue weighted by Crippen LogP contribution is 2.27. The number of thiocarbonyl (C=S) groups is 1. The number of hydrogen-bond acceptors (Lipinski definition) is 4. The minimum atomic E-state index is 0.387. The van der Waals surface area contributed by atoms with Gasteiger partial charge in [0.2, 0.25) is 0 Å². The van der Waals surface area contributed by atoms with Gasteiger partial charge in [0, 0.05) is 5.75 Å². The van der Waals surface area contributed by atoms with Crippen LogP contribution >= 0.6 is 35.3 Å². The van der Waals surface area contributed by atoms with E-state index in [0.717, 1.165) is 27.1 Å². The van der Waals surface area contributed by atoms with Crippen LogP contribution in [0.1, 0.15) is 42.3 Å². The van der Waals surface area contributed by atoms with Crippen molar-refractivity contribution < 1.29 is 0 Å². The average molecular weight is 260 g/mol. The van der Waals surface area contributed by atoms with Crippen LogP contribution in [0, 0.1) is 0 Å². The zero-order valence-corrected chi connectivity index (χ0v) is 11.7. The van der Waals surface area contributed by atoms with Gasteiger partial charge in [0.25, 0.3) is 0 Å². The van der Waals surface area contributed by atoms with Crippen molar-refractivity contribution in [3.05, 3.63) is 15.6 Å². The molecule has 0 atom stereocenters. The van der Waals surface area contributed by atoms with Crippen LogP contribution in [0.25, 0.3) is 0 Å². The van der Waals surface area contributed by atoms with E-state index in [0.29, 0.717) is 10.9 Å². The maximum atomic E-state index is 5.69. The van der Waals surface area contributed by atoms with Gasteiger partial charge < -0.3 is 5.73 Å². The van der Waals surface area contributed by atoms with E-state index in [1.54, 1.807) is 11.3 Å². The summed E-state index contributed by atoms with van der Waals surface area (Å²) < 4.78 is 0. The molecule has 0 amide bonds. The summed E-state index contributed by atoms with van der Waals surface area (Å²) in [4.78, 5) is 6.07. The van der Waals surface area contributed by atoms with Gasteiger partial charge >= 0.3 is 0 Å². The van der Waals surface area contributed by atoms with Crippen molar-refractivity contribution in [3.8, 4) is 0 Å². The number of rotatable bonds is 5. The molecule has 15 heavy (non-hydrogen) atoms. The first kappa shape index (κ1) is 12.9. The number of nitrogens with two attached hydrogens (primary N) is 1. The molecule has 0 spiro atoms. The topological polar surface area (TPSA) is 38.9 Å². The van der Waals surface area contributed by atoms with Gasteiger partial charge in [-0.15, -0.1) is 11.3 Å². The van der Waals surface area contributed by atoms with Gasteiger partial charge in [0.05, 0.1) is 10.6 Å². The lowest BCUT2D eigenvalue weighted by molar-refractivity contribution is 0.826. The standard InChI is InChI=1S/C10H16N2S3/c1-4-14-5-7-12-8(6(2)3)9(15-7)10(11)13/h6H,4-5H2,1-3H3,(H2,11,13). The summed E-state index contributed by atoms with van der Waals surface area (Å²) in [5.74, 6) is 2.46. The second-order valence-corrected chi connectivity index (χ2v) is 6.28. The van der Waals surface area contributed by atoms with E-state index in [4.69, 9.17) is 18.0 Å². The van der Waals surface area contributed by atoms with Gasteiger partial charge in [-0.2, -0.15) is 11.8 Å². The van der Waals surface area contributed by atoms with Gasteiger partial charge in [0.15, 0.2) is 0 Å². The van der Waals surface area contributed by atoms with Crippen LogP contribution in [0.3, 0.4) is 0 Å². The molecular weight excluding hydrogens is 244 g/mol. The highest BCUT2D eigenvalue weighted by atomic mass is 32.2. The van der Waals surface area contributed by atoms with E-state index in [1.807, 2.05) is 11.8 Å². The average Bonchev–Trinajstić information content (AvgIpc) is 2.58. The Balaban J connectivity index is 2.93. The lowest BCUT2D eigenvalue weighted by atomic mass is 10.1. The number of thiazole rings is 1. The third-order valence-corrected chi connectivity index (χ3v) is 4.40. The number of nitrogens with zero attached hydrogens (tertiary/aromatic N) is 1. The van der Waals surface area contributed by atoms with Crippen LogP contribution in [0.15, 0.2) is 0 Å². The molecular formula is C10H16N2S3. The molecule has 0 saturated heterocycles. The first-order valence-electron chi connectivity index (χ1n) is 4.93. The summed E-state index contributed by atoms with van der Waals surface area (Å²) in [5, 5.41) is 1.13. The summed E-state index contributed by atoms with van der Waals surface area (Å²) in [6.45, 7) is 6.39. The van der Waals surface area contributed by atoms with Gasteiger partial charge in [-0.1, -0.05) is 33.0 Å². The van der Waals surface area contributed by atoms with Gasteiger partial charge in [-0.3, -0.25) is 0 Å². The van der Waals surface area contributed by atoms with Gasteiger partial charge in [-0.05, 0) is 11.7 Å². The third kappa shape index (κ3) is 3.43. The molecule has 1 aromatic rings. The van der Waals surface area contributed by atoms with Gasteiger partial charge in [0.1, 0.15) is 10.00 Å². The second kappa shape index (κ2) is 5.82. The minimum Gasteiger partial charge on any atom is -0.389 e. The molecule has 0 aliphatic heterocycles. The fourth-order valence-corrected chi connectivity index (χ4v) is 3.22. The quantitative estimate of drug-likeness (QED) is 0.826. The van der Waals surface area contributed by atoms with Crippen LogP contribution in [0.5, 0.6) is 0 Å². The van der Waals surface area contributed by atoms with E-state index < -0.39 is 0 Å². The fourth-order valence-electron chi connectivity index (χ4n) is 1.20. The van der Waals surface area contributed by atoms with E-state index in [2.05, 4.69) is 25.8 Å². The zero-order valence-electron chi connectivity index (χ0n) is 9.24. The van der Waals surface area contributed by atoms with Crippen molar-refractivity contribution in [2.75, 3.05) is 5.75 Å². The predicted octanol–water partition coefficient (Wildman–Crippen LogP) is 3.15. The molecule has 0 fully saturated rings. The molecule has 0 aromatic carbocycles. The van der Waals surface area contributed by atoms with Crippen molar-refractivity contribution in [2.45, 2.75) is 32.4 Å². The fraction of sp³-hybridized carbons (Fsp3) is 0.600. The van der Waals surface area contributed by atoms with Crippen molar-refractivity contribution in [3.63, 3.8) is 0 Å². The first-order valence-corrected chi connectivity index (χ1v) is 7.31. The summed E-state index contributed by atoms with van der Waals surface area (Å²) in [6.07, 6.45) is 0. The first-order chi connectivity index (χ1) is 7.06. The maximum Gasteiger partial charge on any atom is 0.116 e. The number of thioether (sulfide) groups is 1. The highest BCUT2D eigenvalue weighted by Gasteiger charge is 2.15. The van der Waals surface area contributed by atoms with E-state index >= 15 is 0 Å². The van der Waals surface area contributed by atoms with Crippen LogP contribution in [-0.2, 0) is 5.75 Å². The molecule has 0 aliphatic rings. The van der Waals surface area contributed by atoms with Gasteiger partial charge in [-0.25, -0.2) is 4.98 Å². The van der Waals surface area contributed by atoms with Crippen molar-refractivity contribution in [1.82, 2.24) is 4.98 Å². The van der Waals surface area contributed by atoms with E-state index in [-0.39, 0.29) is 0 Å². The lowest BCUT2D eigenvalue weighted by Gasteiger charge is -2.02. The monoisotopic (exact) mass is 260 g/mol. The molecule has 0 unspecified atom stereocenters. The SMILES string of the molecule is CCSCc1nc(C(C)C)c(C(N)=S)s1. The van der Waals surface area contributed by atoms with Crippen LogP contribution in [0.4, 0.5) is 0 Å². The minimum absolute atomic E-state index is 0.387. The molecule has 0 radical (unpaired) electrons. The lowest BCUT2D eigenvalue weighted by Crippen LogP contribution is -2.10. The Kier molecular flexibility index (Phi) is 5.02. The Morgan fingerprint density at radius 2 is 2.27 bits per heavy atom. The van der Waals surface area contributed by atoms with Crippen molar-refractivity contribution in [2.24, 2.45) is 5.73 Å². The molecule has 1 rings (SSSR count). The Bertz CT molecular complexity index is 344. The number of aromatic nitrogens is 1. The van der Waals surface area contributed by atoms with Crippen LogP contribution < -0.4 is 5.73 Å². The Hall–Kier alpha value is -0.130. The number of hydrogen-bond donors (Lipinski definition) is 1. The molecule has 1 aromatic heterocycles. The summed E-state index contributed by atoms with van der Waals surface area (Å²) in [7, 11) is 0. The van der Waals surface area contributed by atoms with Crippen molar-refractivity contribution >= 4 is 40.3 Å². The molecule has 0 saturated carbocycles. The van der Waals surface area contributed by atoms with Crippen LogP contribution in [0.2, 0.25) is 0 Å². The normalized spacial score (nSPS) is 10.9. The smallest absolute Gasteiger partial charge is 0.116 e. The molecule has 84 valence electrons. The van der Waals surface area contributed by atoms with E-state index in [1.165, 1.54) is 0 Å². The molecule has 2 nitrogen and oxygen atoms in total. The summed E-state index contributed by atoms with van der Waals surface area (Å²) >= 11 is 8.54. The second-order valence-electron chi connectivity index (χ2n) is 3.48. The zero-order chi connectivity index (χ0) is 11.4. The maximum absolute atomic E-state index is 5.69. The Morgan fingerprint density at radius 1 is 1.60 bits per heavy atom. The Morgan fingerprint density at radius 3 is 2.67 bits per heavy atom. The van der Waals surface area contributed by atoms with Crippen molar-refractivity contribution in [1.29, 1.82) is 0 Å². The summed E-state index contributed by atoms with van der Waals surface area (Å²) in [5.41, 5.74) is 6.74. The predicted molar refractivity (Wildman–Crippen MR) is 73.9 cm³/mol. The molecule has 2 N–H and O–H groups in total. The summed E-state index contributed by atoms with van der Waals surface area (Å²) in [6, 6.07) is 0. The van der Waals surface area contributed by atoms with Crippen LogP contribution in [-0.4, -0.2) is 15.7 Å². The highest BCUT2D eigenvalue weighted by molar-refractivity contribution is 7.98. The largest absolute Gasteiger partial charge is 0.389 e. The molecule has 0 aliphatic carbocycles. The van der Waals surface area contributed by atoms with E-state index in [9.17, 15) is 0 Å². The molecule has 1 heterocycles.